The smallest absolute Gasteiger partial charge is 0.326 e. The number of carbonyl (C=O) groups is 2. The van der Waals surface area contributed by atoms with Gasteiger partial charge in [0.2, 0.25) is 5.91 Å². The second-order valence-electron chi connectivity index (χ2n) is 4.74. The standard InChI is InChI=1S/C15H16F2N2O3/c16-11-5-4-6-12(17)10(11)9-14(20)19-13(15(21)22)7-2-1-3-8-18/h4-6,13H,1-3,7,9H2,(H,19,20)(H,21,22)/t13-/m0/s1. The number of amides is 1. The number of carbonyl (C=O) groups excluding carboxylic acids is 1. The first-order valence-electron chi connectivity index (χ1n) is 6.77. The number of hydrogen-bond acceptors (Lipinski definition) is 3. The summed E-state index contributed by atoms with van der Waals surface area (Å²) in [5.74, 6) is -3.69. The van der Waals surface area contributed by atoms with E-state index in [4.69, 9.17) is 10.4 Å². The largest absolute Gasteiger partial charge is 0.480 e. The van der Waals surface area contributed by atoms with Gasteiger partial charge in [0.15, 0.2) is 0 Å². The molecule has 0 spiro atoms. The molecule has 1 atom stereocenters. The topological polar surface area (TPSA) is 90.2 Å². The van der Waals surface area contributed by atoms with Crippen LogP contribution in [0.4, 0.5) is 8.78 Å². The molecule has 0 aliphatic carbocycles. The van der Waals surface area contributed by atoms with Gasteiger partial charge in [-0.3, -0.25) is 4.79 Å². The van der Waals surface area contributed by atoms with E-state index in [0.717, 1.165) is 12.1 Å². The third kappa shape index (κ3) is 5.48. The van der Waals surface area contributed by atoms with Crippen molar-refractivity contribution in [1.29, 1.82) is 5.26 Å². The molecule has 0 bridgehead atoms. The van der Waals surface area contributed by atoms with Crippen LogP contribution in [0.15, 0.2) is 18.2 Å². The van der Waals surface area contributed by atoms with Crippen molar-refractivity contribution in [3.63, 3.8) is 0 Å². The molecule has 118 valence electrons. The van der Waals surface area contributed by atoms with Crippen molar-refractivity contribution in [2.24, 2.45) is 0 Å². The lowest BCUT2D eigenvalue weighted by molar-refractivity contribution is -0.142. The molecule has 0 unspecified atom stereocenters. The van der Waals surface area contributed by atoms with Crippen LogP contribution < -0.4 is 5.32 Å². The lowest BCUT2D eigenvalue weighted by Crippen LogP contribution is -2.41. The molecule has 1 rings (SSSR count). The van der Waals surface area contributed by atoms with Crippen LogP contribution in [0.5, 0.6) is 0 Å². The van der Waals surface area contributed by atoms with Crippen LogP contribution in [-0.4, -0.2) is 23.0 Å². The third-order valence-corrected chi connectivity index (χ3v) is 3.06. The summed E-state index contributed by atoms with van der Waals surface area (Å²) in [4.78, 5) is 22.8. The molecule has 0 aliphatic heterocycles. The maximum atomic E-state index is 13.4. The maximum absolute atomic E-state index is 13.4. The number of carboxylic acid groups (broad SMARTS) is 1. The number of hydrogen-bond donors (Lipinski definition) is 2. The Labute approximate surface area is 126 Å². The maximum Gasteiger partial charge on any atom is 0.326 e. The Morgan fingerprint density at radius 2 is 1.91 bits per heavy atom. The van der Waals surface area contributed by atoms with Gasteiger partial charge < -0.3 is 10.4 Å². The number of aliphatic carboxylic acids is 1. The lowest BCUT2D eigenvalue weighted by atomic mass is 10.1. The van der Waals surface area contributed by atoms with Gasteiger partial charge in [-0.1, -0.05) is 6.07 Å². The number of unbranched alkanes of at least 4 members (excludes halogenated alkanes) is 2. The van der Waals surface area contributed by atoms with Crippen molar-refractivity contribution in [1.82, 2.24) is 5.32 Å². The van der Waals surface area contributed by atoms with Crippen molar-refractivity contribution >= 4 is 11.9 Å². The summed E-state index contributed by atoms with van der Waals surface area (Å²) in [7, 11) is 0. The van der Waals surface area contributed by atoms with Gasteiger partial charge in [0.05, 0.1) is 12.5 Å². The van der Waals surface area contributed by atoms with E-state index in [-0.39, 0.29) is 6.42 Å². The minimum Gasteiger partial charge on any atom is -0.480 e. The zero-order chi connectivity index (χ0) is 16.5. The first-order valence-corrected chi connectivity index (χ1v) is 6.77. The number of benzene rings is 1. The highest BCUT2D eigenvalue weighted by Crippen LogP contribution is 2.13. The fraction of sp³-hybridized carbons (Fsp3) is 0.400. The van der Waals surface area contributed by atoms with E-state index in [0.29, 0.717) is 19.3 Å². The third-order valence-electron chi connectivity index (χ3n) is 3.06. The molecule has 0 saturated heterocycles. The van der Waals surface area contributed by atoms with Crippen molar-refractivity contribution in [3.8, 4) is 6.07 Å². The average molecular weight is 310 g/mol. The summed E-state index contributed by atoms with van der Waals surface area (Å²) in [6.45, 7) is 0. The molecule has 1 aromatic rings. The van der Waals surface area contributed by atoms with Crippen LogP contribution in [-0.2, 0) is 16.0 Å². The number of carboxylic acids is 1. The summed E-state index contributed by atoms with van der Waals surface area (Å²) in [5.41, 5.74) is -0.395. The summed E-state index contributed by atoms with van der Waals surface area (Å²) in [6.07, 6.45) is 0.876. The molecular formula is C15H16F2N2O3. The molecular weight excluding hydrogens is 294 g/mol. The Bertz CT molecular complexity index is 564. The zero-order valence-corrected chi connectivity index (χ0v) is 11.8. The van der Waals surface area contributed by atoms with E-state index >= 15 is 0 Å². The van der Waals surface area contributed by atoms with Crippen LogP contribution in [0, 0.1) is 23.0 Å². The Hall–Kier alpha value is -2.49. The molecule has 0 fully saturated rings. The minimum absolute atomic E-state index is 0.155. The highest BCUT2D eigenvalue weighted by atomic mass is 19.1. The van der Waals surface area contributed by atoms with E-state index in [1.165, 1.54) is 6.07 Å². The molecule has 0 aromatic heterocycles. The first-order chi connectivity index (χ1) is 10.5. The SMILES string of the molecule is N#CCCCC[C@H](NC(=O)Cc1c(F)cccc1F)C(=O)O. The van der Waals surface area contributed by atoms with Gasteiger partial charge in [-0.2, -0.15) is 5.26 Å². The fourth-order valence-electron chi connectivity index (χ4n) is 1.92. The highest BCUT2D eigenvalue weighted by molar-refractivity contribution is 5.84. The summed E-state index contributed by atoms with van der Waals surface area (Å²) >= 11 is 0. The first kappa shape index (κ1) is 17.6. The van der Waals surface area contributed by atoms with Crippen LogP contribution in [0.25, 0.3) is 0 Å². The van der Waals surface area contributed by atoms with Crippen LogP contribution >= 0.6 is 0 Å². The Balaban J connectivity index is 2.60. The number of halogens is 2. The minimum atomic E-state index is -1.22. The van der Waals surface area contributed by atoms with Gasteiger partial charge in [-0.05, 0) is 31.4 Å². The summed E-state index contributed by atoms with van der Waals surface area (Å²) < 4.78 is 26.9. The molecule has 1 aromatic carbocycles. The predicted octanol–water partition coefficient (Wildman–Crippen LogP) is 2.16. The van der Waals surface area contributed by atoms with Gasteiger partial charge >= 0.3 is 5.97 Å². The van der Waals surface area contributed by atoms with E-state index in [1.54, 1.807) is 0 Å². The molecule has 0 saturated carbocycles. The average Bonchev–Trinajstić information content (AvgIpc) is 2.46. The number of nitrogens with one attached hydrogen (secondary N) is 1. The van der Waals surface area contributed by atoms with Crippen molar-refractivity contribution in [2.75, 3.05) is 0 Å². The molecule has 0 radical (unpaired) electrons. The molecule has 7 heteroatoms. The number of rotatable bonds is 8. The summed E-state index contributed by atoms with van der Waals surface area (Å²) in [5, 5.41) is 19.7. The summed E-state index contributed by atoms with van der Waals surface area (Å²) in [6, 6.07) is 4.04. The highest BCUT2D eigenvalue weighted by Gasteiger charge is 2.21. The Morgan fingerprint density at radius 3 is 2.45 bits per heavy atom. The van der Waals surface area contributed by atoms with Crippen molar-refractivity contribution in [3.05, 3.63) is 35.4 Å². The molecule has 2 N–H and O–H groups in total. The molecule has 1 amide bonds. The van der Waals surface area contributed by atoms with Crippen LogP contribution in [0.3, 0.4) is 0 Å². The normalized spacial score (nSPS) is 11.5. The van der Waals surface area contributed by atoms with Gasteiger partial charge in [-0.15, -0.1) is 0 Å². The number of nitrogens with zero attached hydrogens (tertiary/aromatic N) is 1. The van der Waals surface area contributed by atoms with Crippen LogP contribution in [0.2, 0.25) is 0 Å². The Morgan fingerprint density at radius 1 is 1.27 bits per heavy atom. The second-order valence-corrected chi connectivity index (χ2v) is 4.74. The molecule has 0 aliphatic rings. The second kappa shape index (κ2) is 8.72. The van der Waals surface area contributed by atoms with Gasteiger partial charge in [0, 0.05) is 12.0 Å². The van der Waals surface area contributed by atoms with Gasteiger partial charge in [0.25, 0.3) is 0 Å². The van der Waals surface area contributed by atoms with E-state index in [9.17, 15) is 18.4 Å². The molecule has 0 heterocycles. The fourth-order valence-corrected chi connectivity index (χ4v) is 1.92. The van der Waals surface area contributed by atoms with Crippen molar-refractivity contribution < 1.29 is 23.5 Å². The predicted molar refractivity (Wildman–Crippen MR) is 73.7 cm³/mol. The van der Waals surface area contributed by atoms with Gasteiger partial charge in [-0.25, -0.2) is 13.6 Å². The zero-order valence-electron chi connectivity index (χ0n) is 11.8. The van der Waals surface area contributed by atoms with Crippen molar-refractivity contribution in [2.45, 2.75) is 38.1 Å². The van der Waals surface area contributed by atoms with E-state index < -0.39 is 41.5 Å². The van der Waals surface area contributed by atoms with E-state index in [1.807, 2.05) is 6.07 Å². The van der Waals surface area contributed by atoms with E-state index in [2.05, 4.69) is 5.32 Å². The molecule has 5 nitrogen and oxygen atoms in total. The number of nitriles is 1. The Kier molecular flexibility index (Phi) is 6.96. The monoisotopic (exact) mass is 310 g/mol. The molecule has 22 heavy (non-hydrogen) atoms. The lowest BCUT2D eigenvalue weighted by Gasteiger charge is -2.14. The quantitative estimate of drug-likeness (QED) is 0.720. The van der Waals surface area contributed by atoms with Gasteiger partial charge in [0.1, 0.15) is 17.7 Å². The van der Waals surface area contributed by atoms with Crippen LogP contribution in [0.1, 0.15) is 31.2 Å².